The number of hydrogen-bond acceptors (Lipinski definition) is 3. The Labute approximate surface area is 125 Å². The van der Waals surface area contributed by atoms with Crippen LogP contribution in [-0.4, -0.2) is 21.7 Å². The highest BCUT2D eigenvalue weighted by atomic mass is 16.1. The summed E-state index contributed by atoms with van der Waals surface area (Å²) in [6.07, 6.45) is 5.89. The van der Waals surface area contributed by atoms with Gasteiger partial charge >= 0.3 is 0 Å². The summed E-state index contributed by atoms with van der Waals surface area (Å²) in [6, 6.07) is 9.89. The molecule has 0 aliphatic rings. The molecular formula is C16H22N4O. The third-order valence-corrected chi connectivity index (χ3v) is 3.20. The van der Waals surface area contributed by atoms with Crippen LogP contribution in [0.4, 0.5) is 5.69 Å². The van der Waals surface area contributed by atoms with Gasteiger partial charge in [0.05, 0.1) is 6.54 Å². The lowest BCUT2D eigenvalue weighted by Gasteiger charge is -2.08. The number of amides is 1. The van der Waals surface area contributed by atoms with E-state index in [2.05, 4.69) is 10.4 Å². The molecule has 1 amide bonds. The molecule has 1 aromatic heterocycles. The number of rotatable bonds is 7. The molecule has 2 aromatic rings. The van der Waals surface area contributed by atoms with E-state index in [0.29, 0.717) is 6.42 Å². The van der Waals surface area contributed by atoms with Crippen LogP contribution in [0.5, 0.6) is 0 Å². The van der Waals surface area contributed by atoms with Crippen molar-refractivity contribution >= 4 is 11.6 Å². The summed E-state index contributed by atoms with van der Waals surface area (Å²) >= 11 is 0. The van der Waals surface area contributed by atoms with Gasteiger partial charge in [0.25, 0.3) is 0 Å². The molecule has 112 valence electrons. The molecule has 5 nitrogen and oxygen atoms in total. The summed E-state index contributed by atoms with van der Waals surface area (Å²) in [6.45, 7) is 2.69. The van der Waals surface area contributed by atoms with E-state index in [1.165, 1.54) is 0 Å². The van der Waals surface area contributed by atoms with E-state index in [0.717, 1.165) is 30.6 Å². The monoisotopic (exact) mass is 286 g/mol. The molecular weight excluding hydrogens is 264 g/mol. The van der Waals surface area contributed by atoms with Crippen LogP contribution in [0.2, 0.25) is 0 Å². The van der Waals surface area contributed by atoms with Gasteiger partial charge < -0.3 is 11.1 Å². The van der Waals surface area contributed by atoms with Gasteiger partial charge in [0.1, 0.15) is 0 Å². The van der Waals surface area contributed by atoms with Gasteiger partial charge in [0.2, 0.25) is 5.91 Å². The van der Waals surface area contributed by atoms with E-state index in [1.54, 1.807) is 6.20 Å². The van der Waals surface area contributed by atoms with Crippen LogP contribution in [0.3, 0.4) is 0 Å². The smallest absolute Gasteiger partial charge is 0.224 e. The first-order chi connectivity index (χ1) is 10.1. The number of nitrogens with one attached hydrogen (secondary N) is 1. The molecule has 3 N–H and O–H groups in total. The second kappa shape index (κ2) is 7.59. The zero-order chi connectivity index (χ0) is 15.1. The zero-order valence-electron chi connectivity index (χ0n) is 12.3. The number of carbonyl (C=O) groups is 1. The number of anilines is 1. The van der Waals surface area contributed by atoms with E-state index in [1.807, 2.05) is 48.1 Å². The second-order valence-corrected chi connectivity index (χ2v) is 5.32. The maximum Gasteiger partial charge on any atom is 0.224 e. The Bertz CT molecular complexity index is 546. The Kier molecular flexibility index (Phi) is 5.51. The predicted molar refractivity (Wildman–Crippen MR) is 83.9 cm³/mol. The summed E-state index contributed by atoms with van der Waals surface area (Å²) in [5, 5.41) is 7.07. The lowest BCUT2D eigenvalue weighted by Crippen LogP contribution is -2.16. The first-order valence-corrected chi connectivity index (χ1v) is 7.25. The molecule has 0 saturated heterocycles. The molecule has 0 spiro atoms. The normalized spacial score (nSPS) is 12.1. The topological polar surface area (TPSA) is 72.9 Å². The Morgan fingerprint density at radius 3 is 2.76 bits per heavy atom. The van der Waals surface area contributed by atoms with Crippen molar-refractivity contribution in [2.45, 2.75) is 38.8 Å². The molecule has 0 aliphatic carbocycles. The highest BCUT2D eigenvalue weighted by molar-refractivity contribution is 5.90. The van der Waals surface area contributed by atoms with Gasteiger partial charge in [-0.15, -0.1) is 0 Å². The number of carbonyl (C=O) groups excluding carboxylic acids is 1. The minimum Gasteiger partial charge on any atom is -0.328 e. The molecule has 1 heterocycles. The molecule has 21 heavy (non-hydrogen) atoms. The highest BCUT2D eigenvalue weighted by Gasteiger charge is 2.04. The number of nitrogens with zero attached hydrogens (tertiary/aromatic N) is 2. The van der Waals surface area contributed by atoms with Gasteiger partial charge in [-0.3, -0.25) is 9.48 Å². The number of benzene rings is 1. The van der Waals surface area contributed by atoms with E-state index in [-0.39, 0.29) is 11.9 Å². The van der Waals surface area contributed by atoms with E-state index >= 15 is 0 Å². The maximum atomic E-state index is 11.8. The summed E-state index contributed by atoms with van der Waals surface area (Å²) in [7, 11) is 0. The van der Waals surface area contributed by atoms with Crippen LogP contribution < -0.4 is 11.1 Å². The Hall–Kier alpha value is -2.14. The zero-order valence-corrected chi connectivity index (χ0v) is 12.3. The molecule has 1 aromatic carbocycles. The Morgan fingerprint density at radius 2 is 2.14 bits per heavy atom. The SMILES string of the molecule is CC(N)CCCC(=O)Nc1ccc(Cn2cccn2)cc1. The third-order valence-electron chi connectivity index (χ3n) is 3.20. The van der Waals surface area contributed by atoms with Gasteiger partial charge in [-0.05, 0) is 43.5 Å². The van der Waals surface area contributed by atoms with E-state index in [9.17, 15) is 4.79 Å². The standard InChI is InChI=1S/C16H22N4O/c1-13(17)4-2-5-16(21)19-15-8-6-14(7-9-15)12-20-11-3-10-18-20/h3,6-11,13H,2,4-5,12,17H2,1H3,(H,19,21). The third kappa shape index (κ3) is 5.39. The molecule has 0 aliphatic heterocycles. The molecule has 1 atom stereocenters. The Balaban J connectivity index is 1.80. The van der Waals surface area contributed by atoms with Gasteiger partial charge in [0, 0.05) is 30.5 Å². The van der Waals surface area contributed by atoms with E-state index < -0.39 is 0 Å². The lowest BCUT2D eigenvalue weighted by atomic mass is 10.1. The number of aromatic nitrogens is 2. The summed E-state index contributed by atoms with van der Waals surface area (Å²) < 4.78 is 1.86. The van der Waals surface area contributed by atoms with Crippen LogP contribution in [-0.2, 0) is 11.3 Å². The molecule has 0 fully saturated rings. The second-order valence-electron chi connectivity index (χ2n) is 5.32. The van der Waals surface area contributed by atoms with Crippen molar-refractivity contribution in [3.63, 3.8) is 0 Å². The van der Waals surface area contributed by atoms with Crippen molar-refractivity contribution in [3.05, 3.63) is 48.3 Å². The van der Waals surface area contributed by atoms with Gasteiger partial charge in [-0.2, -0.15) is 5.10 Å². The fourth-order valence-electron chi connectivity index (χ4n) is 2.08. The number of nitrogens with two attached hydrogens (primary N) is 1. The van der Waals surface area contributed by atoms with Gasteiger partial charge in [-0.1, -0.05) is 12.1 Å². The Morgan fingerprint density at radius 1 is 1.38 bits per heavy atom. The lowest BCUT2D eigenvalue weighted by molar-refractivity contribution is -0.116. The molecule has 0 bridgehead atoms. The fraction of sp³-hybridized carbons (Fsp3) is 0.375. The van der Waals surface area contributed by atoms with Crippen molar-refractivity contribution in [1.29, 1.82) is 0 Å². The van der Waals surface area contributed by atoms with Crippen molar-refractivity contribution < 1.29 is 4.79 Å². The van der Waals surface area contributed by atoms with Crippen LogP contribution >= 0.6 is 0 Å². The van der Waals surface area contributed by atoms with Crippen LogP contribution in [0.1, 0.15) is 31.7 Å². The average molecular weight is 286 g/mol. The van der Waals surface area contributed by atoms with Crippen molar-refractivity contribution in [2.24, 2.45) is 5.73 Å². The van der Waals surface area contributed by atoms with E-state index in [4.69, 9.17) is 5.73 Å². The van der Waals surface area contributed by atoms with Crippen molar-refractivity contribution in [1.82, 2.24) is 9.78 Å². The molecule has 5 heteroatoms. The summed E-state index contributed by atoms with van der Waals surface area (Å²) in [4.78, 5) is 11.8. The van der Waals surface area contributed by atoms with Crippen LogP contribution in [0, 0.1) is 0 Å². The summed E-state index contributed by atoms with van der Waals surface area (Å²) in [5.74, 6) is 0.0375. The first kappa shape index (κ1) is 15.3. The fourth-order valence-corrected chi connectivity index (χ4v) is 2.08. The minimum atomic E-state index is 0.0375. The maximum absolute atomic E-state index is 11.8. The van der Waals surface area contributed by atoms with Crippen molar-refractivity contribution in [3.8, 4) is 0 Å². The average Bonchev–Trinajstić information content (AvgIpc) is 2.93. The quantitative estimate of drug-likeness (QED) is 0.820. The first-order valence-electron chi connectivity index (χ1n) is 7.25. The highest BCUT2D eigenvalue weighted by Crippen LogP contribution is 2.11. The molecule has 1 unspecified atom stereocenters. The molecule has 2 rings (SSSR count). The minimum absolute atomic E-state index is 0.0375. The van der Waals surface area contributed by atoms with Gasteiger partial charge in [-0.25, -0.2) is 0 Å². The molecule has 0 saturated carbocycles. The van der Waals surface area contributed by atoms with Crippen molar-refractivity contribution in [2.75, 3.05) is 5.32 Å². The predicted octanol–water partition coefficient (Wildman–Crippen LogP) is 2.39. The largest absolute Gasteiger partial charge is 0.328 e. The molecule has 0 radical (unpaired) electrons. The summed E-state index contributed by atoms with van der Waals surface area (Å²) in [5.41, 5.74) is 7.64. The van der Waals surface area contributed by atoms with Gasteiger partial charge in [0.15, 0.2) is 0 Å². The van der Waals surface area contributed by atoms with Crippen LogP contribution in [0.25, 0.3) is 0 Å². The van der Waals surface area contributed by atoms with Crippen LogP contribution in [0.15, 0.2) is 42.7 Å². The number of hydrogen-bond donors (Lipinski definition) is 2.